The molecule has 0 saturated carbocycles. The van der Waals surface area contributed by atoms with Gasteiger partial charge in [0.25, 0.3) is 0 Å². The fourth-order valence-electron chi connectivity index (χ4n) is 2.75. The van der Waals surface area contributed by atoms with Crippen molar-refractivity contribution >= 4 is 17.8 Å². The molecule has 0 bridgehead atoms. The van der Waals surface area contributed by atoms with Gasteiger partial charge < -0.3 is 0 Å². The summed E-state index contributed by atoms with van der Waals surface area (Å²) in [4.78, 5) is 1.07. The number of nitrogens with zero attached hydrogens (tertiary/aromatic N) is 1. The highest BCUT2D eigenvalue weighted by Crippen LogP contribution is 2.37. The van der Waals surface area contributed by atoms with Gasteiger partial charge in [-0.3, -0.25) is 0 Å². The number of hydrogen-bond acceptors (Lipinski definition) is 2. The molecule has 0 amide bonds. The van der Waals surface area contributed by atoms with Gasteiger partial charge >= 0.3 is 0 Å². The van der Waals surface area contributed by atoms with Gasteiger partial charge in [-0.1, -0.05) is 42.5 Å². The van der Waals surface area contributed by atoms with Crippen LogP contribution in [-0.4, -0.2) is 6.26 Å². The van der Waals surface area contributed by atoms with Gasteiger partial charge in [0, 0.05) is 4.90 Å². The van der Waals surface area contributed by atoms with Crippen molar-refractivity contribution in [1.82, 2.24) is 0 Å². The van der Waals surface area contributed by atoms with Crippen LogP contribution >= 0.6 is 11.8 Å². The highest BCUT2D eigenvalue weighted by Gasteiger charge is 2.18. The first-order chi connectivity index (χ1) is 9.85. The summed E-state index contributed by atoms with van der Waals surface area (Å²) >= 11 is 1.65. The molecule has 0 unspecified atom stereocenters. The monoisotopic (exact) mass is 277 g/mol. The highest BCUT2D eigenvalue weighted by atomic mass is 32.2. The van der Waals surface area contributed by atoms with Crippen molar-refractivity contribution in [3.8, 4) is 17.2 Å². The van der Waals surface area contributed by atoms with E-state index in [9.17, 15) is 5.26 Å². The Morgan fingerprint density at radius 2 is 2.00 bits per heavy atom. The number of thioether (sulfide) groups is 1. The molecule has 20 heavy (non-hydrogen) atoms. The highest BCUT2D eigenvalue weighted by molar-refractivity contribution is 7.98. The van der Waals surface area contributed by atoms with Crippen LogP contribution in [0.15, 0.2) is 47.4 Å². The van der Waals surface area contributed by atoms with Crippen LogP contribution in [0.4, 0.5) is 0 Å². The zero-order chi connectivity index (χ0) is 13.9. The van der Waals surface area contributed by atoms with Crippen molar-refractivity contribution < 1.29 is 0 Å². The molecule has 1 aliphatic carbocycles. The number of benzene rings is 2. The molecule has 2 heteroatoms. The van der Waals surface area contributed by atoms with Crippen molar-refractivity contribution in [2.45, 2.75) is 17.7 Å². The first kappa shape index (κ1) is 13.0. The number of nitriles is 1. The fraction of sp³-hybridized carbons (Fsp3) is 0.167. The van der Waals surface area contributed by atoms with E-state index in [-0.39, 0.29) is 0 Å². The molecule has 3 rings (SSSR count). The van der Waals surface area contributed by atoms with Crippen molar-refractivity contribution in [3.05, 3.63) is 59.2 Å². The molecule has 0 N–H and O–H groups in total. The van der Waals surface area contributed by atoms with Crippen LogP contribution in [0.2, 0.25) is 0 Å². The van der Waals surface area contributed by atoms with E-state index in [2.05, 4.69) is 48.6 Å². The normalized spacial score (nSPS) is 12.8. The molecule has 0 heterocycles. The minimum Gasteiger partial charge on any atom is -0.192 e. The zero-order valence-corrected chi connectivity index (χ0v) is 12.2. The molecular formula is C18H15NS. The maximum Gasteiger partial charge on any atom is 0.101 e. The molecule has 1 aliphatic rings. The Bertz CT molecular complexity index is 708. The third-order valence-electron chi connectivity index (χ3n) is 3.70. The lowest BCUT2D eigenvalue weighted by Crippen LogP contribution is -2.02. The largest absolute Gasteiger partial charge is 0.192 e. The Labute approximate surface area is 123 Å². The van der Waals surface area contributed by atoms with Gasteiger partial charge in [-0.15, -0.1) is 11.8 Å². The maximum absolute atomic E-state index is 9.47. The maximum atomic E-state index is 9.47. The predicted molar refractivity (Wildman–Crippen MR) is 85.7 cm³/mol. The predicted octanol–water partition coefficient (Wildman–Crippen LogP) is 4.91. The van der Waals surface area contributed by atoms with Crippen LogP contribution in [0, 0.1) is 11.3 Å². The lowest BCUT2D eigenvalue weighted by molar-refractivity contribution is 0.981. The minimum absolute atomic E-state index is 0.822. The molecule has 2 aromatic carbocycles. The van der Waals surface area contributed by atoms with Gasteiger partial charge in [-0.2, -0.15) is 5.26 Å². The Kier molecular flexibility index (Phi) is 3.62. The first-order valence-electron chi connectivity index (χ1n) is 6.71. The van der Waals surface area contributed by atoms with E-state index in [1.807, 2.05) is 12.3 Å². The molecule has 0 aliphatic heterocycles. The lowest BCUT2D eigenvalue weighted by atomic mass is 9.87. The standard InChI is InChI=1S/C18H15NS/c1-20-18-11-16(13-7-3-2-4-8-13)14-9-5-6-10-15(14)17(18)12-19/h2-4,6-8,10-11H,5,9H2,1H3. The van der Waals surface area contributed by atoms with Gasteiger partial charge in [-0.05, 0) is 47.4 Å². The van der Waals surface area contributed by atoms with Crippen LogP contribution in [0.5, 0.6) is 0 Å². The van der Waals surface area contributed by atoms with Crippen LogP contribution in [0.1, 0.15) is 23.1 Å². The second-order valence-corrected chi connectivity index (χ2v) is 5.66. The van der Waals surface area contributed by atoms with Crippen LogP contribution in [0.25, 0.3) is 17.2 Å². The van der Waals surface area contributed by atoms with Crippen molar-refractivity contribution in [1.29, 1.82) is 5.26 Å². The van der Waals surface area contributed by atoms with Crippen molar-refractivity contribution in [2.24, 2.45) is 0 Å². The van der Waals surface area contributed by atoms with E-state index in [1.165, 1.54) is 16.7 Å². The molecule has 0 fully saturated rings. The molecule has 2 aromatic rings. The van der Waals surface area contributed by atoms with E-state index >= 15 is 0 Å². The number of allylic oxidation sites excluding steroid dienone is 1. The molecule has 1 nitrogen and oxygen atoms in total. The lowest BCUT2D eigenvalue weighted by Gasteiger charge is -2.19. The average molecular weight is 277 g/mol. The third kappa shape index (κ3) is 2.15. The topological polar surface area (TPSA) is 23.8 Å². The minimum atomic E-state index is 0.822. The SMILES string of the molecule is CSc1cc(-c2ccccc2)c2c(c1C#N)C=CCC2. The summed E-state index contributed by atoms with van der Waals surface area (Å²) in [6.07, 6.45) is 8.38. The van der Waals surface area contributed by atoms with Crippen molar-refractivity contribution in [2.75, 3.05) is 6.26 Å². The smallest absolute Gasteiger partial charge is 0.101 e. The second-order valence-electron chi connectivity index (χ2n) is 4.81. The molecular weight excluding hydrogens is 262 g/mol. The molecule has 0 saturated heterocycles. The Morgan fingerprint density at radius 1 is 1.20 bits per heavy atom. The molecule has 0 radical (unpaired) electrons. The Morgan fingerprint density at radius 3 is 2.70 bits per heavy atom. The average Bonchev–Trinajstić information content (AvgIpc) is 2.54. The zero-order valence-electron chi connectivity index (χ0n) is 11.4. The fourth-order valence-corrected chi connectivity index (χ4v) is 3.35. The Hall–Kier alpha value is -1.98. The summed E-state index contributed by atoms with van der Waals surface area (Å²) in [5, 5.41) is 9.47. The van der Waals surface area contributed by atoms with E-state index in [0.29, 0.717) is 0 Å². The second kappa shape index (κ2) is 5.56. The van der Waals surface area contributed by atoms with E-state index in [1.54, 1.807) is 11.8 Å². The molecule has 98 valence electrons. The van der Waals surface area contributed by atoms with E-state index in [0.717, 1.165) is 28.9 Å². The van der Waals surface area contributed by atoms with Crippen LogP contribution in [0.3, 0.4) is 0 Å². The molecule has 0 atom stereocenters. The summed E-state index contributed by atoms with van der Waals surface area (Å²) in [5.74, 6) is 0. The van der Waals surface area contributed by atoms with Gasteiger partial charge in [-0.25, -0.2) is 0 Å². The van der Waals surface area contributed by atoms with Gasteiger partial charge in [0.05, 0.1) is 5.56 Å². The van der Waals surface area contributed by atoms with Crippen LogP contribution in [-0.2, 0) is 6.42 Å². The summed E-state index contributed by atoms with van der Waals surface area (Å²) in [6, 6.07) is 15.0. The Balaban J connectivity index is 2.32. The number of rotatable bonds is 2. The summed E-state index contributed by atoms with van der Waals surface area (Å²) in [7, 11) is 0. The van der Waals surface area contributed by atoms with E-state index in [4.69, 9.17) is 0 Å². The van der Waals surface area contributed by atoms with Crippen molar-refractivity contribution in [3.63, 3.8) is 0 Å². The first-order valence-corrected chi connectivity index (χ1v) is 7.93. The van der Waals surface area contributed by atoms with E-state index < -0.39 is 0 Å². The van der Waals surface area contributed by atoms with Gasteiger partial charge in [0.2, 0.25) is 0 Å². The molecule has 0 aromatic heterocycles. The van der Waals surface area contributed by atoms with Gasteiger partial charge in [0.1, 0.15) is 6.07 Å². The quantitative estimate of drug-likeness (QED) is 0.728. The third-order valence-corrected chi connectivity index (χ3v) is 4.47. The van der Waals surface area contributed by atoms with Gasteiger partial charge in [0.15, 0.2) is 0 Å². The van der Waals surface area contributed by atoms with Crippen LogP contribution < -0.4 is 0 Å². The summed E-state index contributed by atoms with van der Waals surface area (Å²) in [6.45, 7) is 0. The summed E-state index contributed by atoms with van der Waals surface area (Å²) in [5.41, 5.74) is 5.76. The summed E-state index contributed by atoms with van der Waals surface area (Å²) < 4.78 is 0. The number of fused-ring (bicyclic) bond motifs is 1. The molecule has 0 spiro atoms. The number of hydrogen-bond donors (Lipinski definition) is 0.